The number of aromatic hydroxyl groups is 1. The number of aliphatic carboxylic acids is 1. The second-order valence-electron chi connectivity index (χ2n) is 9.36. The minimum Gasteiger partial charge on any atom is -0.494 e. The molecule has 0 bridgehead atoms. The lowest BCUT2D eigenvalue weighted by Gasteiger charge is -2.09. The number of amides is 1. The monoisotopic (exact) mass is 588 g/mol. The Bertz CT molecular complexity index is 1750. The molecule has 6 N–H and O–H groups in total. The number of hydrogen-bond acceptors (Lipinski definition) is 5. The van der Waals surface area contributed by atoms with Gasteiger partial charge in [-0.15, -0.1) is 0 Å². The molecule has 0 radical (unpaired) electrons. The van der Waals surface area contributed by atoms with Gasteiger partial charge in [-0.3, -0.25) is 4.79 Å². The van der Waals surface area contributed by atoms with Gasteiger partial charge in [0.15, 0.2) is 5.88 Å². The van der Waals surface area contributed by atoms with Crippen molar-refractivity contribution in [1.29, 1.82) is 0 Å². The highest BCUT2D eigenvalue weighted by Crippen LogP contribution is 2.32. The van der Waals surface area contributed by atoms with Crippen molar-refractivity contribution in [2.75, 3.05) is 0 Å². The molecule has 43 heavy (non-hydrogen) atoms. The third kappa shape index (κ3) is 8.08. The molecule has 5 aromatic rings. The predicted molar refractivity (Wildman–Crippen MR) is 157 cm³/mol. The van der Waals surface area contributed by atoms with Crippen LogP contribution in [0, 0.1) is 0 Å². The zero-order chi connectivity index (χ0) is 31.0. The van der Waals surface area contributed by atoms with Crippen molar-refractivity contribution < 1.29 is 33.0 Å². The molecule has 0 atom stereocenters. The van der Waals surface area contributed by atoms with E-state index in [9.17, 15) is 23.1 Å². The Morgan fingerprint density at radius 2 is 1.42 bits per heavy atom. The fourth-order valence-corrected chi connectivity index (χ4v) is 4.25. The summed E-state index contributed by atoms with van der Waals surface area (Å²) in [6, 6.07) is 33.1. The maximum absolute atomic E-state index is 11.6. The lowest BCUT2D eigenvalue weighted by atomic mass is 10.00. The quantitative estimate of drug-likeness (QED) is 0.140. The second-order valence-corrected chi connectivity index (χ2v) is 9.36. The maximum Gasteiger partial charge on any atom is 0.490 e. The summed E-state index contributed by atoms with van der Waals surface area (Å²) in [6.07, 6.45) is -5.08. The molecular weight excluding hydrogens is 561 g/mol. The summed E-state index contributed by atoms with van der Waals surface area (Å²) >= 11 is 0. The summed E-state index contributed by atoms with van der Waals surface area (Å²) < 4.78 is 31.7. The first-order valence-corrected chi connectivity index (χ1v) is 13.0. The van der Waals surface area contributed by atoms with Gasteiger partial charge >= 0.3 is 12.1 Å². The van der Waals surface area contributed by atoms with Crippen LogP contribution in [0.5, 0.6) is 5.88 Å². The van der Waals surface area contributed by atoms with Gasteiger partial charge in [0.25, 0.3) is 0 Å². The van der Waals surface area contributed by atoms with Gasteiger partial charge in [0, 0.05) is 35.1 Å². The Morgan fingerprint density at radius 3 is 2.05 bits per heavy atom. The molecule has 0 spiro atoms. The summed E-state index contributed by atoms with van der Waals surface area (Å²) in [5.74, 6) is -3.30. The zero-order valence-electron chi connectivity index (χ0n) is 22.6. The van der Waals surface area contributed by atoms with Gasteiger partial charge in [-0.25, -0.2) is 9.79 Å². The number of H-pyrrole nitrogens is 1. The Balaban J connectivity index is 0.000000541. The molecule has 0 unspecified atom stereocenters. The number of hydrogen-bond donors (Lipinski definition) is 5. The van der Waals surface area contributed by atoms with E-state index >= 15 is 0 Å². The van der Waals surface area contributed by atoms with E-state index in [-0.39, 0.29) is 5.88 Å². The minimum absolute atomic E-state index is 0.0186. The molecule has 220 valence electrons. The standard InChI is InChI=1S/C30H26N4O2.C2HF3O2/c31-29(35)23-14-15-25-26(17-23)34-30(36)27(25)28(22-11-5-2-6-12-22)33-24-13-7-10-21(16-24)19-32-18-20-8-3-1-4-9-20;3-2(4,5)1(6)7/h1-17,32,34,36H,18-19H2,(H2,31,35);(H,6,7). The topological polar surface area (TPSA) is 141 Å². The van der Waals surface area contributed by atoms with Crippen molar-refractivity contribution in [3.8, 4) is 5.88 Å². The van der Waals surface area contributed by atoms with E-state index in [1.807, 2.05) is 66.7 Å². The number of carboxylic acid groups (broad SMARTS) is 1. The Morgan fingerprint density at radius 1 is 0.814 bits per heavy atom. The first-order valence-electron chi connectivity index (χ1n) is 13.0. The van der Waals surface area contributed by atoms with Gasteiger partial charge < -0.3 is 26.2 Å². The number of aromatic nitrogens is 1. The predicted octanol–water partition coefficient (Wildman–Crippen LogP) is 6.06. The van der Waals surface area contributed by atoms with Crippen LogP contribution in [0.3, 0.4) is 0 Å². The summed E-state index contributed by atoms with van der Waals surface area (Å²) in [5.41, 5.74) is 11.6. The van der Waals surface area contributed by atoms with Gasteiger partial charge in [0.1, 0.15) is 0 Å². The van der Waals surface area contributed by atoms with Gasteiger partial charge in [-0.2, -0.15) is 13.2 Å². The molecule has 1 aromatic heterocycles. The van der Waals surface area contributed by atoms with Crippen LogP contribution in [0.1, 0.15) is 32.6 Å². The van der Waals surface area contributed by atoms with Crippen molar-refractivity contribution in [3.63, 3.8) is 0 Å². The lowest BCUT2D eigenvalue weighted by Crippen LogP contribution is -2.21. The highest BCUT2D eigenvalue weighted by atomic mass is 19.4. The SMILES string of the molecule is NC(=O)c1ccc2c(C(=Nc3cccc(CNCc4ccccc4)c3)c3ccccc3)c(O)[nH]c2c1.O=C(O)C(F)(F)F. The minimum atomic E-state index is -5.08. The third-order valence-electron chi connectivity index (χ3n) is 6.24. The smallest absolute Gasteiger partial charge is 0.490 e. The largest absolute Gasteiger partial charge is 0.494 e. The van der Waals surface area contributed by atoms with E-state index in [2.05, 4.69) is 28.5 Å². The number of carbonyl (C=O) groups excluding carboxylic acids is 1. The average molecular weight is 589 g/mol. The number of aliphatic imine (C=N–C) groups is 1. The number of rotatable bonds is 8. The Kier molecular flexibility index (Phi) is 9.58. The van der Waals surface area contributed by atoms with Crippen molar-refractivity contribution in [1.82, 2.24) is 10.3 Å². The number of nitrogens with two attached hydrogens (primary N) is 1. The zero-order valence-corrected chi connectivity index (χ0v) is 22.6. The van der Waals surface area contributed by atoms with Crippen molar-refractivity contribution in [2.45, 2.75) is 19.3 Å². The van der Waals surface area contributed by atoms with Crippen LogP contribution < -0.4 is 11.1 Å². The molecular formula is C32H27F3N4O4. The van der Waals surface area contributed by atoms with Crippen LogP contribution in [0.2, 0.25) is 0 Å². The number of alkyl halides is 3. The van der Waals surface area contributed by atoms with E-state index < -0.39 is 18.1 Å². The number of nitrogens with one attached hydrogen (secondary N) is 2. The molecule has 0 saturated heterocycles. The molecule has 4 aromatic carbocycles. The van der Waals surface area contributed by atoms with Crippen LogP contribution in [-0.2, 0) is 17.9 Å². The molecule has 0 aliphatic heterocycles. The normalized spacial score (nSPS) is 11.6. The number of primary amides is 1. The number of benzene rings is 4. The molecule has 0 saturated carbocycles. The number of fused-ring (bicyclic) bond motifs is 1. The second kappa shape index (κ2) is 13.5. The fourth-order valence-electron chi connectivity index (χ4n) is 4.25. The molecule has 1 heterocycles. The molecule has 11 heteroatoms. The van der Waals surface area contributed by atoms with Gasteiger partial charge in [0.05, 0.1) is 17.0 Å². The van der Waals surface area contributed by atoms with Gasteiger partial charge in [-0.05, 0) is 35.4 Å². The first-order chi connectivity index (χ1) is 20.5. The molecule has 0 aliphatic carbocycles. The van der Waals surface area contributed by atoms with Gasteiger partial charge in [-0.1, -0.05) is 78.9 Å². The molecule has 8 nitrogen and oxygen atoms in total. The number of carboxylic acids is 1. The summed E-state index contributed by atoms with van der Waals surface area (Å²) in [7, 11) is 0. The van der Waals surface area contributed by atoms with E-state index in [1.54, 1.807) is 18.2 Å². The maximum atomic E-state index is 11.6. The number of carbonyl (C=O) groups is 2. The van der Waals surface area contributed by atoms with Crippen molar-refractivity contribution in [3.05, 3.63) is 131 Å². The van der Waals surface area contributed by atoms with E-state index in [0.29, 0.717) is 28.9 Å². The van der Waals surface area contributed by atoms with E-state index in [1.165, 1.54) is 5.56 Å². The number of halogens is 3. The summed E-state index contributed by atoms with van der Waals surface area (Å²) in [6.45, 7) is 1.48. The molecule has 5 rings (SSSR count). The van der Waals surface area contributed by atoms with Crippen LogP contribution in [0.25, 0.3) is 10.9 Å². The highest BCUT2D eigenvalue weighted by molar-refractivity contribution is 6.22. The van der Waals surface area contributed by atoms with Crippen LogP contribution >= 0.6 is 0 Å². The van der Waals surface area contributed by atoms with Crippen LogP contribution in [-0.4, -0.2) is 39.0 Å². The third-order valence-corrected chi connectivity index (χ3v) is 6.24. The lowest BCUT2D eigenvalue weighted by molar-refractivity contribution is -0.192. The molecule has 0 fully saturated rings. The fraction of sp³-hybridized carbons (Fsp3) is 0.0938. The summed E-state index contributed by atoms with van der Waals surface area (Å²) in [5, 5.41) is 22.2. The van der Waals surface area contributed by atoms with E-state index in [0.717, 1.165) is 28.7 Å². The molecule has 1 amide bonds. The van der Waals surface area contributed by atoms with Crippen LogP contribution in [0.4, 0.5) is 18.9 Å². The number of nitrogens with zero attached hydrogens (tertiary/aromatic N) is 1. The first kappa shape index (κ1) is 30.5. The highest BCUT2D eigenvalue weighted by Gasteiger charge is 2.38. The average Bonchev–Trinajstić information content (AvgIpc) is 3.31. The molecule has 0 aliphatic rings. The van der Waals surface area contributed by atoms with Crippen LogP contribution in [0.15, 0.2) is 108 Å². The number of aromatic amines is 1. The Hall–Kier alpha value is -5.42. The van der Waals surface area contributed by atoms with Crippen molar-refractivity contribution in [2.24, 2.45) is 10.7 Å². The summed E-state index contributed by atoms with van der Waals surface area (Å²) in [4.78, 5) is 28.5. The van der Waals surface area contributed by atoms with Crippen molar-refractivity contribution >= 4 is 34.2 Å². The van der Waals surface area contributed by atoms with E-state index in [4.69, 9.17) is 20.6 Å². The van der Waals surface area contributed by atoms with Gasteiger partial charge in [0.2, 0.25) is 5.91 Å². The Labute approximate surface area is 244 Å².